The smallest absolute Gasteiger partial charge is 0.315 e. The maximum atomic E-state index is 11.9. The number of urea groups is 1. The Bertz CT molecular complexity index is 522. The summed E-state index contributed by atoms with van der Waals surface area (Å²) in [7, 11) is 0. The van der Waals surface area contributed by atoms with Crippen LogP contribution >= 0.6 is 23.2 Å². The minimum atomic E-state index is -0.175. The predicted molar refractivity (Wildman–Crippen MR) is 93.3 cm³/mol. The van der Waals surface area contributed by atoms with E-state index < -0.39 is 0 Å². The number of hydrogen-bond acceptors (Lipinski definition) is 3. The molecule has 2 amide bonds. The van der Waals surface area contributed by atoms with Crippen LogP contribution in [0, 0.1) is 0 Å². The summed E-state index contributed by atoms with van der Waals surface area (Å²) in [4.78, 5) is 14.3. The van der Waals surface area contributed by atoms with Gasteiger partial charge in [-0.15, -0.1) is 0 Å². The van der Waals surface area contributed by atoms with Gasteiger partial charge in [0.1, 0.15) is 0 Å². The molecule has 0 aliphatic carbocycles. The number of rotatable bonds is 6. The Morgan fingerprint density at radius 1 is 1.30 bits per heavy atom. The molecule has 0 radical (unpaired) electrons. The summed E-state index contributed by atoms with van der Waals surface area (Å²) in [6.07, 6.45) is 0.925. The maximum Gasteiger partial charge on any atom is 0.315 e. The fraction of sp³-hybridized carbons (Fsp3) is 0.562. The quantitative estimate of drug-likeness (QED) is 0.767. The van der Waals surface area contributed by atoms with E-state index in [-0.39, 0.29) is 12.1 Å². The van der Waals surface area contributed by atoms with Crippen molar-refractivity contribution < 1.29 is 9.53 Å². The molecule has 0 saturated carbocycles. The predicted octanol–water partition coefficient (Wildman–Crippen LogP) is 3.08. The molecule has 1 aromatic carbocycles. The maximum absolute atomic E-state index is 11.9. The normalized spacial score (nSPS) is 16.8. The first-order valence-electron chi connectivity index (χ1n) is 7.85. The number of halogens is 2. The molecular weight excluding hydrogens is 337 g/mol. The molecule has 0 bridgehead atoms. The van der Waals surface area contributed by atoms with E-state index >= 15 is 0 Å². The van der Waals surface area contributed by atoms with Crippen LogP contribution in [-0.2, 0) is 4.74 Å². The number of carbonyl (C=O) groups excluding carboxylic acids is 1. The Balaban J connectivity index is 1.66. The van der Waals surface area contributed by atoms with Crippen LogP contribution in [-0.4, -0.2) is 50.3 Å². The number of amides is 2. The van der Waals surface area contributed by atoms with E-state index in [0.29, 0.717) is 16.6 Å². The van der Waals surface area contributed by atoms with Crippen LogP contribution in [0.3, 0.4) is 0 Å². The van der Waals surface area contributed by atoms with Gasteiger partial charge in [-0.05, 0) is 37.6 Å². The summed E-state index contributed by atoms with van der Waals surface area (Å²) in [6, 6.07) is 5.05. The van der Waals surface area contributed by atoms with Crippen LogP contribution in [0.2, 0.25) is 10.0 Å². The number of nitrogens with one attached hydrogen (secondary N) is 2. The molecule has 1 atom stereocenters. The van der Waals surface area contributed by atoms with Gasteiger partial charge in [0.05, 0.1) is 29.3 Å². The highest BCUT2D eigenvalue weighted by atomic mass is 35.5. The molecule has 1 unspecified atom stereocenters. The zero-order chi connectivity index (χ0) is 16.7. The highest BCUT2D eigenvalue weighted by molar-refractivity contribution is 6.42. The largest absolute Gasteiger partial charge is 0.379 e. The van der Waals surface area contributed by atoms with Crippen molar-refractivity contribution in [3.63, 3.8) is 0 Å². The van der Waals surface area contributed by atoms with Crippen molar-refractivity contribution in [1.82, 2.24) is 15.5 Å². The van der Waals surface area contributed by atoms with E-state index in [1.165, 1.54) is 0 Å². The summed E-state index contributed by atoms with van der Waals surface area (Å²) < 4.78 is 5.31. The van der Waals surface area contributed by atoms with Gasteiger partial charge in [-0.25, -0.2) is 4.79 Å². The SMILES string of the molecule is CC(NC(=O)NCCCN1CCOCC1)c1ccc(Cl)c(Cl)c1. The molecule has 1 saturated heterocycles. The third-order valence-corrected chi connectivity index (χ3v) is 4.57. The average molecular weight is 360 g/mol. The number of morpholine rings is 1. The van der Waals surface area contributed by atoms with Crippen molar-refractivity contribution in [2.75, 3.05) is 39.4 Å². The van der Waals surface area contributed by atoms with E-state index in [4.69, 9.17) is 27.9 Å². The number of benzene rings is 1. The monoisotopic (exact) mass is 359 g/mol. The fourth-order valence-electron chi connectivity index (χ4n) is 2.44. The van der Waals surface area contributed by atoms with Crippen LogP contribution in [0.4, 0.5) is 4.79 Å². The summed E-state index contributed by atoms with van der Waals surface area (Å²) in [6.45, 7) is 7.08. The Labute approximate surface area is 147 Å². The van der Waals surface area contributed by atoms with Gasteiger partial charge >= 0.3 is 6.03 Å². The summed E-state index contributed by atoms with van der Waals surface area (Å²) in [5.74, 6) is 0. The second-order valence-electron chi connectivity index (χ2n) is 5.60. The molecule has 5 nitrogen and oxygen atoms in total. The standard InChI is InChI=1S/C16H23Cl2N3O2/c1-12(13-3-4-14(17)15(18)11-13)20-16(22)19-5-2-6-21-7-9-23-10-8-21/h3-4,11-12H,2,5-10H2,1H3,(H2,19,20,22). The third kappa shape index (κ3) is 6.18. The molecule has 0 aromatic heterocycles. The molecule has 1 heterocycles. The van der Waals surface area contributed by atoms with Crippen LogP contribution in [0.5, 0.6) is 0 Å². The van der Waals surface area contributed by atoms with Crippen molar-refractivity contribution in [3.05, 3.63) is 33.8 Å². The topological polar surface area (TPSA) is 53.6 Å². The first-order valence-corrected chi connectivity index (χ1v) is 8.61. The van der Waals surface area contributed by atoms with Gasteiger partial charge in [0.25, 0.3) is 0 Å². The minimum Gasteiger partial charge on any atom is -0.379 e. The van der Waals surface area contributed by atoms with Crippen LogP contribution in [0.25, 0.3) is 0 Å². The van der Waals surface area contributed by atoms with E-state index in [2.05, 4.69) is 15.5 Å². The van der Waals surface area contributed by atoms with Gasteiger partial charge in [0, 0.05) is 19.6 Å². The molecule has 1 aliphatic heterocycles. The number of carbonyl (C=O) groups is 1. The lowest BCUT2D eigenvalue weighted by molar-refractivity contribution is 0.0375. The van der Waals surface area contributed by atoms with E-state index in [0.717, 1.165) is 44.8 Å². The lowest BCUT2D eigenvalue weighted by Crippen LogP contribution is -2.40. The van der Waals surface area contributed by atoms with Gasteiger partial charge < -0.3 is 15.4 Å². The van der Waals surface area contributed by atoms with Gasteiger partial charge in [-0.1, -0.05) is 29.3 Å². The number of nitrogens with zero attached hydrogens (tertiary/aromatic N) is 1. The molecule has 2 N–H and O–H groups in total. The van der Waals surface area contributed by atoms with E-state index in [9.17, 15) is 4.79 Å². The van der Waals surface area contributed by atoms with Crippen molar-refractivity contribution >= 4 is 29.2 Å². The Hall–Kier alpha value is -1.01. The Kier molecular flexibility index (Phi) is 7.43. The third-order valence-electron chi connectivity index (χ3n) is 3.83. The second-order valence-corrected chi connectivity index (χ2v) is 6.42. The van der Waals surface area contributed by atoms with E-state index in [1.807, 2.05) is 13.0 Å². The second kappa shape index (κ2) is 9.33. The highest BCUT2D eigenvalue weighted by Gasteiger charge is 2.12. The molecule has 0 spiro atoms. The lowest BCUT2D eigenvalue weighted by Gasteiger charge is -2.26. The van der Waals surface area contributed by atoms with Gasteiger partial charge in [0.15, 0.2) is 0 Å². The van der Waals surface area contributed by atoms with Gasteiger partial charge in [-0.3, -0.25) is 4.90 Å². The average Bonchev–Trinajstić information content (AvgIpc) is 2.55. The zero-order valence-electron chi connectivity index (χ0n) is 13.3. The number of hydrogen-bond donors (Lipinski definition) is 2. The molecule has 2 rings (SSSR count). The molecule has 7 heteroatoms. The molecule has 1 fully saturated rings. The van der Waals surface area contributed by atoms with Crippen molar-refractivity contribution in [2.24, 2.45) is 0 Å². The van der Waals surface area contributed by atoms with E-state index in [1.54, 1.807) is 12.1 Å². The Morgan fingerprint density at radius 3 is 2.74 bits per heavy atom. The lowest BCUT2D eigenvalue weighted by atomic mass is 10.1. The Morgan fingerprint density at radius 2 is 2.04 bits per heavy atom. The molecule has 23 heavy (non-hydrogen) atoms. The van der Waals surface area contributed by atoms with Crippen molar-refractivity contribution in [2.45, 2.75) is 19.4 Å². The molecule has 1 aromatic rings. The molecule has 128 valence electrons. The van der Waals surface area contributed by atoms with Crippen molar-refractivity contribution in [1.29, 1.82) is 0 Å². The summed E-state index contributed by atoms with van der Waals surface area (Å²) in [5, 5.41) is 6.78. The minimum absolute atomic E-state index is 0.135. The van der Waals surface area contributed by atoms with Gasteiger partial charge in [0.2, 0.25) is 0 Å². The van der Waals surface area contributed by atoms with Crippen LogP contribution in [0.15, 0.2) is 18.2 Å². The fourth-order valence-corrected chi connectivity index (χ4v) is 2.75. The number of ether oxygens (including phenoxy) is 1. The highest BCUT2D eigenvalue weighted by Crippen LogP contribution is 2.25. The zero-order valence-corrected chi connectivity index (χ0v) is 14.8. The van der Waals surface area contributed by atoms with Crippen molar-refractivity contribution in [3.8, 4) is 0 Å². The summed E-state index contributed by atoms with van der Waals surface area (Å²) >= 11 is 11.9. The van der Waals surface area contributed by atoms with Gasteiger partial charge in [-0.2, -0.15) is 0 Å². The first kappa shape index (κ1) is 18.3. The van der Waals surface area contributed by atoms with Crippen LogP contribution in [0.1, 0.15) is 24.9 Å². The summed E-state index contributed by atoms with van der Waals surface area (Å²) in [5.41, 5.74) is 0.919. The van der Waals surface area contributed by atoms with Crippen LogP contribution < -0.4 is 10.6 Å². The first-order chi connectivity index (χ1) is 11.1. The molecular formula is C16H23Cl2N3O2. The molecule has 1 aliphatic rings.